The summed E-state index contributed by atoms with van der Waals surface area (Å²) in [4.78, 5) is 26.2. The summed E-state index contributed by atoms with van der Waals surface area (Å²) in [5, 5.41) is 2.91. The van der Waals surface area contributed by atoms with Crippen molar-refractivity contribution in [1.82, 2.24) is 10.2 Å². The van der Waals surface area contributed by atoms with E-state index in [2.05, 4.69) is 5.32 Å². The summed E-state index contributed by atoms with van der Waals surface area (Å²) in [6.07, 6.45) is 2.48. The minimum atomic E-state index is -0.709. The fourth-order valence-corrected chi connectivity index (χ4v) is 2.47. The van der Waals surface area contributed by atoms with Gasteiger partial charge in [-0.05, 0) is 26.2 Å². The van der Waals surface area contributed by atoms with Gasteiger partial charge in [0.05, 0.1) is 0 Å². The van der Waals surface area contributed by atoms with Crippen LogP contribution in [0, 0.1) is 0 Å². The first-order chi connectivity index (χ1) is 9.09. The largest absolute Gasteiger partial charge is 0.382 e. The quantitative estimate of drug-likeness (QED) is 0.710. The first kappa shape index (κ1) is 16.0. The smallest absolute Gasteiger partial charge is 0.248 e. The molecule has 1 aliphatic heterocycles. The number of amides is 2. The molecule has 1 rings (SSSR count). The molecule has 1 heterocycles. The van der Waals surface area contributed by atoms with Gasteiger partial charge in [-0.3, -0.25) is 9.59 Å². The van der Waals surface area contributed by atoms with Gasteiger partial charge in [-0.25, -0.2) is 0 Å². The van der Waals surface area contributed by atoms with Crippen molar-refractivity contribution < 1.29 is 14.3 Å². The summed E-state index contributed by atoms with van der Waals surface area (Å²) < 4.78 is 5.30. The average Bonchev–Trinajstić information content (AvgIpc) is 2.54. The Labute approximate surface area is 115 Å². The number of nitrogens with one attached hydrogen (secondary N) is 1. The number of hydrogen-bond acceptors (Lipinski definition) is 3. The van der Waals surface area contributed by atoms with E-state index in [1.807, 2.05) is 25.7 Å². The van der Waals surface area contributed by atoms with Gasteiger partial charge in [0.25, 0.3) is 0 Å². The third-order valence-electron chi connectivity index (χ3n) is 3.81. The maximum Gasteiger partial charge on any atom is 0.248 e. The average molecular weight is 270 g/mol. The molecule has 5 nitrogen and oxygen atoms in total. The van der Waals surface area contributed by atoms with Crippen LogP contribution in [0.5, 0.6) is 0 Å². The lowest BCUT2D eigenvalue weighted by Crippen LogP contribution is -2.56. The summed E-state index contributed by atoms with van der Waals surface area (Å²) in [6, 6.07) is 0. The molecule has 0 bridgehead atoms. The molecule has 0 aromatic heterocycles. The van der Waals surface area contributed by atoms with Crippen molar-refractivity contribution in [2.75, 3.05) is 26.3 Å². The van der Waals surface area contributed by atoms with E-state index in [9.17, 15) is 9.59 Å². The molecule has 0 atom stereocenters. The van der Waals surface area contributed by atoms with E-state index in [0.29, 0.717) is 45.6 Å². The normalized spacial score (nSPS) is 19.2. The molecule has 110 valence electrons. The third-order valence-corrected chi connectivity index (χ3v) is 3.81. The highest BCUT2D eigenvalue weighted by Crippen LogP contribution is 2.22. The fraction of sp³-hybridized carbons (Fsp3) is 0.857. The maximum atomic E-state index is 12.6. The fourth-order valence-electron chi connectivity index (χ4n) is 2.47. The van der Waals surface area contributed by atoms with E-state index in [0.717, 1.165) is 6.42 Å². The summed E-state index contributed by atoms with van der Waals surface area (Å²) in [7, 11) is 0. The van der Waals surface area contributed by atoms with Gasteiger partial charge in [-0.15, -0.1) is 0 Å². The van der Waals surface area contributed by atoms with E-state index in [-0.39, 0.29) is 11.8 Å². The van der Waals surface area contributed by atoms with Gasteiger partial charge in [0.2, 0.25) is 11.8 Å². The molecule has 0 aliphatic carbocycles. The lowest BCUT2D eigenvalue weighted by molar-refractivity contribution is -0.139. The molecule has 0 aromatic rings. The molecular weight excluding hydrogens is 244 g/mol. The Hall–Kier alpha value is -1.10. The Balaban J connectivity index is 2.70. The summed E-state index contributed by atoms with van der Waals surface area (Å²) in [5.74, 6) is 0.0317. The van der Waals surface area contributed by atoms with Gasteiger partial charge in [0.15, 0.2) is 0 Å². The Morgan fingerprint density at radius 1 is 1.26 bits per heavy atom. The van der Waals surface area contributed by atoms with Crippen molar-refractivity contribution in [3.63, 3.8) is 0 Å². The second kappa shape index (κ2) is 7.48. The molecule has 1 aliphatic rings. The first-order valence-electron chi connectivity index (χ1n) is 7.27. The Morgan fingerprint density at radius 3 is 2.53 bits per heavy atom. The van der Waals surface area contributed by atoms with Crippen LogP contribution in [0.15, 0.2) is 0 Å². The van der Waals surface area contributed by atoms with Crippen molar-refractivity contribution in [3.05, 3.63) is 0 Å². The molecule has 0 spiro atoms. The zero-order valence-corrected chi connectivity index (χ0v) is 12.3. The van der Waals surface area contributed by atoms with Crippen LogP contribution >= 0.6 is 0 Å². The number of hydrogen-bond donors (Lipinski definition) is 1. The molecule has 0 aromatic carbocycles. The maximum absolute atomic E-state index is 12.6. The van der Waals surface area contributed by atoms with Crippen molar-refractivity contribution in [2.24, 2.45) is 0 Å². The van der Waals surface area contributed by atoms with Crippen LogP contribution < -0.4 is 5.32 Å². The molecule has 5 heteroatoms. The molecular formula is C14H26N2O3. The summed E-state index contributed by atoms with van der Waals surface area (Å²) >= 11 is 0. The van der Waals surface area contributed by atoms with E-state index in [1.165, 1.54) is 0 Å². The molecule has 19 heavy (non-hydrogen) atoms. The van der Waals surface area contributed by atoms with Gasteiger partial charge >= 0.3 is 0 Å². The topological polar surface area (TPSA) is 58.6 Å². The predicted molar refractivity (Wildman–Crippen MR) is 73.8 cm³/mol. The highest BCUT2D eigenvalue weighted by atomic mass is 16.5. The Bertz CT molecular complexity index is 314. The van der Waals surface area contributed by atoms with E-state index in [4.69, 9.17) is 4.74 Å². The number of ether oxygens (including phenoxy) is 1. The molecule has 1 saturated heterocycles. The first-order valence-corrected chi connectivity index (χ1v) is 7.27. The standard InChI is InChI=1S/C14H26N2O3/c1-4-14(5-2)13(18)16(9-7-11-19-6-3)10-8-12(17)15-14/h4-11H2,1-3H3,(H,15,17). The number of carbonyl (C=O) groups excluding carboxylic acids is 2. The number of nitrogens with zero attached hydrogens (tertiary/aromatic N) is 1. The Kier molecular flexibility index (Phi) is 6.28. The highest BCUT2D eigenvalue weighted by molar-refractivity contribution is 5.93. The van der Waals surface area contributed by atoms with E-state index < -0.39 is 5.54 Å². The van der Waals surface area contributed by atoms with Crippen LogP contribution in [-0.2, 0) is 14.3 Å². The zero-order valence-electron chi connectivity index (χ0n) is 12.3. The summed E-state index contributed by atoms with van der Waals surface area (Å²) in [6.45, 7) is 8.39. The third kappa shape index (κ3) is 3.93. The summed E-state index contributed by atoms with van der Waals surface area (Å²) in [5.41, 5.74) is -0.709. The molecule has 0 radical (unpaired) electrons. The molecule has 1 N–H and O–H groups in total. The van der Waals surface area contributed by atoms with Crippen molar-refractivity contribution in [1.29, 1.82) is 0 Å². The molecule has 2 amide bonds. The lowest BCUT2D eigenvalue weighted by Gasteiger charge is -2.33. The van der Waals surface area contributed by atoms with Crippen LogP contribution in [0.2, 0.25) is 0 Å². The van der Waals surface area contributed by atoms with Crippen LogP contribution in [0.4, 0.5) is 0 Å². The lowest BCUT2D eigenvalue weighted by atomic mass is 9.91. The molecule has 0 saturated carbocycles. The minimum absolute atomic E-state index is 0.0237. The number of carbonyl (C=O) groups is 2. The van der Waals surface area contributed by atoms with Gasteiger partial charge in [-0.1, -0.05) is 13.8 Å². The Morgan fingerprint density at radius 2 is 1.95 bits per heavy atom. The second-order valence-electron chi connectivity index (χ2n) is 4.93. The van der Waals surface area contributed by atoms with Crippen LogP contribution in [-0.4, -0.2) is 48.6 Å². The molecule has 1 fully saturated rings. The van der Waals surface area contributed by atoms with Crippen LogP contribution in [0.3, 0.4) is 0 Å². The minimum Gasteiger partial charge on any atom is -0.382 e. The van der Waals surface area contributed by atoms with E-state index >= 15 is 0 Å². The van der Waals surface area contributed by atoms with Crippen molar-refractivity contribution in [2.45, 2.75) is 52.0 Å². The van der Waals surface area contributed by atoms with Crippen molar-refractivity contribution >= 4 is 11.8 Å². The van der Waals surface area contributed by atoms with Gasteiger partial charge in [0.1, 0.15) is 5.54 Å². The van der Waals surface area contributed by atoms with Crippen LogP contribution in [0.1, 0.15) is 46.5 Å². The van der Waals surface area contributed by atoms with E-state index in [1.54, 1.807) is 0 Å². The number of rotatable bonds is 7. The predicted octanol–water partition coefficient (Wildman–Crippen LogP) is 1.32. The van der Waals surface area contributed by atoms with Crippen molar-refractivity contribution in [3.8, 4) is 0 Å². The van der Waals surface area contributed by atoms with Gasteiger partial charge < -0.3 is 15.0 Å². The second-order valence-corrected chi connectivity index (χ2v) is 4.93. The molecule has 0 unspecified atom stereocenters. The zero-order chi connectivity index (χ0) is 14.3. The van der Waals surface area contributed by atoms with Gasteiger partial charge in [-0.2, -0.15) is 0 Å². The van der Waals surface area contributed by atoms with Gasteiger partial charge in [0, 0.05) is 32.7 Å². The monoisotopic (exact) mass is 270 g/mol. The highest BCUT2D eigenvalue weighted by Gasteiger charge is 2.41. The van der Waals surface area contributed by atoms with Crippen LogP contribution in [0.25, 0.3) is 0 Å². The SMILES string of the molecule is CCOCCCN1CCC(=O)NC(CC)(CC)C1=O.